The molecule has 1 unspecified atom stereocenters. The molecule has 1 aliphatic heterocycles. The smallest absolute Gasteiger partial charge is 0.0481 e. The second kappa shape index (κ2) is 4.01. The molecule has 1 aliphatic rings. The summed E-state index contributed by atoms with van der Waals surface area (Å²) in [7, 11) is 0. The summed E-state index contributed by atoms with van der Waals surface area (Å²) >= 11 is 0. The van der Waals surface area contributed by atoms with Gasteiger partial charge in [-0.15, -0.1) is 0 Å². The largest absolute Gasteiger partial charge is 0.261 e. The molecule has 0 radical (unpaired) electrons. The molecule has 0 N–H and O–H groups in total. The molecular formula is C14H17N. The van der Waals surface area contributed by atoms with Gasteiger partial charge in [-0.3, -0.25) is 4.99 Å². The maximum absolute atomic E-state index is 7.46. The van der Waals surface area contributed by atoms with Gasteiger partial charge in [-0.05, 0) is 31.6 Å². The van der Waals surface area contributed by atoms with Crippen molar-refractivity contribution in [3.63, 3.8) is 0 Å². The van der Waals surface area contributed by atoms with Crippen molar-refractivity contribution in [1.82, 2.24) is 0 Å². The Morgan fingerprint density at radius 3 is 2.67 bits per heavy atom. The van der Waals surface area contributed by atoms with Gasteiger partial charge in [0, 0.05) is 20.1 Å². The SMILES string of the molecule is [2H]C([2H])([2H])C1=CN=C(c2ccc(C([2H])([2H])[2H])cc2)CC1C. The summed E-state index contributed by atoms with van der Waals surface area (Å²) in [6, 6.07) is 6.58. The summed E-state index contributed by atoms with van der Waals surface area (Å²) in [5.41, 5.74) is 2.27. The van der Waals surface area contributed by atoms with Crippen LogP contribution < -0.4 is 0 Å². The van der Waals surface area contributed by atoms with Gasteiger partial charge >= 0.3 is 0 Å². The van der Waals surface area contributed by atoms with Crippen molar-refractivity contribution in [2.24, 2.45) is 10.9 Å². The Balaban J connectivity index is 2.28. The van der Waals surface area contributed by atoms with Gasteiger partial charge < -0.3 is 0 Å². The molecule has 0 saturated carbocycles. The number of nitrogens with zero attached hydrogens (tertiary/aromatic N) is 1. The van der Waals surface area contributed by atoms with E-state index in [4.69, 9.17) is 8.22 Å². The average molecular weight is 205 g/mol. The molecule has 2 rings (SSSR count). The molecule has 1 heterocycles. The van der Waals surface area contributed by atoms with Gasteiger partial charge in [0.25, 0.3) is 0 Å². The lowest BCUT2D eigenvalue weighted by Crippen LogP contribution is -2.11. The monoisotopic (exact) mass is 205 g/mol. The number of allylic oxidation sites excluding steroid dienone is 1. The Labute approximate surface area is 100.0 Å². The molecular weight excluding hydrogens is 182 g/mol. The highest BCUT2D eigenvalue weighted by Gasteiger charge is 2.14. The molecule has 78 valence electrons. The Hall–Kier alpha value is -1.37. The van der Waals surface area contributed by atoms with Crippen molar-refractivity contribution in [2.75, 3.05) is 0 Å². The van der Waals surface area contributed by atoms with Crippen LogP contribution in [-0.2, 0) is 0 Å². The zero-order valence-corrected chi connectivity index (χ0v) is 8.62. The predicted molar refractivity (Wildman–Crippen MR) is 65.3 cm³/mol. The molecule has 0 saturated heterocycles. The first-order valence-electron chi connectivity index (χ1n) is 7.97. The van der Waals surface area contributed by atoms with Gasteiger partial charge in [0.05, 0.1) is 0 Å². The van der Waals surface area contributed by atoms with Crippen molar-refractivity contribution >= 4 is 5.71 Å². The number of hydrogen-bond acceptors (Lipinski definition) is 1. The summed E-state index contributed by atoms with van der Waals surface area (Å²) in [4.78, 5) is 4.24. The Morgan fingerprint density at radius 2 is 2.07 bits per heavy atom. The van der Waals surface area contributed by atoms with Crippen molar-refractivity contribution < 1.29 is 8.22 Å². The summed E-state index contributed by atoms with van der Waals surface area (Å²) in [5.74, 6) is -0.104. The summed E-state index contributed by atoms with van der Waals surface area (Å²) in [5, 5.41) is 0. The van der Waals surface area contributed by atoms with Crippen LogP contribution in [0, 0.1) is 12.8 Å². The van der Waals surface area contributed by atoms with Gasteiger partial charge in [-0.1, -0.05) is 42.3 Å². The average Bonchev–Trinajstić information content (AvgIpc) is 2.36. The molecule has 1 heteroatoms. The van der Waals surface area contributed by atoms with Gasteiger partial charge in [-0.2, -0.15) is 0 Å². The highest BCUT2D eigenvalue weighted by molar-refractivity contribution is 6.01. The minimum absolute atomic E-state index is 0.104. The van der Waals surface area contributed by atoms with Crippen molar-refractivity contribution in [2.45, 2.75) is 27.0 Å². The van der Waals surface area contributed by atoms with Crippen LogP contribution >= 0.6 is 0 Å². The quantitative estimate of drug-likeness (QED) is 0.662. The number of aliphatic imine (C=N–C) groups is 1. The lowest BCUT2D eigenvalue weighted by atomic mass is 9.91. The van der Waals surface area contributed by atoms with Crippen LogP contribution in [0.2, 0.25) is 0 Å². The van der Waals surface area contributed by atoms with E-state index >= 15 is 0 Å². The maximum atomic E-state index is 7.46. The van der Waals surface area contributed by atoms with E-state index in [9.17, 15) is 0 Å². The zero-order valence-electron chi connectivity index (χ0n) is 14.6. The van der Waals surface area contributed by atoms with E-state index in [1.54, 1.807) is 24.3 Å². The molecule has 0 fully saturated rings. The Bertz CT molecular complexity index is 577. The van der Waals surface area contributed by atoms with Crippen molar-refractivity contribution in [3.8, 4) is 0 Å². The van der Waals surface area contributed by atoms with E-state index in [0.29, 0.717) is 12.0 Å². The first kappa shape index (κ1) is 5.11. The number of hydrogen-bond donors (Lipinski definition) is 0. The van der Waals surface area contributed by atoms with Crippen LogP contribution in [0.4, 0.5) is 0 Å². The standard InChI is InChI=1S/C14H17N/c1-10-4-6-13(7-5-10)14-8-11(2)12(3)9-15-14/h4-7,9,11H,8H2,1-3H3/i1D3,3D3. The van der Waals surface area contributed by atoms with Crippen LogP contribution in [0.5, 0.6) is 0 Å². The molecule has 1 aromatic carbocycles. The molecule has 0 amide bonds. The zero-order chi connectivity index (χ0) is 15.8. The third-order valence-electron chi connectivity index (χ3n) is 2.61. The van der Waals surface area contributed by atoms with Crippen LogP contribution in [0.15, 0.2) is 41.0 Å². The van der Waals surface area contributed by atoms with E-state index < -0.39 is 13.7 Å². The van der Waals surface area contributed by atoms with Crippen molar-refractivity contribution in [1.29, 1.82) is 0 Å². The molecule has 1 atom stereocenters. The fraction of sp³-hybridized carbons (Fsp3) is 0.357. The molecule has 0 spiro atoms. The lowest BCUT2D eigenvalue weighted by Gasteiger charge is -2.18. The third-order valence-corrected chi connectivity index (χ3v) is 2.61. The second-order valence-electron chi connectivity index (χ2n) is 3.84. The highest BCUT2D eigenvalue weighted by atomic mass is 14.7. The number of benzene rings is 1. The van der Waals surface area contributed by atoms with E-state index in [2.05, 4.69) is 4.99 Å². The maximum Gasteiger partial charge on any atom is 0.0481 e. The summed E-state index contributed by atoms with van der Waals surface area (Å²) in [6.45, 7) is -2.36. The first-order valence-corrected chi connectivity index (χ1v) is 4.97. The molecule has 15 heavy (non-hydrogen) atoms. The minimum atomic E-state index is -2.12. The van der Waals surface area contributed by atoms with Crippen molar-refractivity contribution in [3.05, 3.63) is 47.2 Å². The van der Waals surface area contributed by atoms with Crippen LogP contribution in [0.1, 0.15) is 39.5 Å². The summed E-state index contributed by atoms with van der Waals surface area (Å²) in [6.07, 6.45) is 1.96. The molecule has 1 nitrogen and oxygen atoms in total. The number of aryl methyl sites for hydroxylation is 1. The normalized spacial score (nSPS) is 28.5. The van der Waals surface area contributed by atoms with E-state index in [1.807, 2.05) is 6.92 Å². The van der Waals surface area contributed by atoms with Crippen LogP contribution in [0.3, 0.4) is 0 Å². The fourth-order valence-corrected chi connectivity index (χ4v) is 1.58. The van der Waals surface area contributed by atoms with Gasteiger partial charge in [0.1, 0.15) is 0 Å². The molecule has 1 aromatic rings. The van der Waals surface area contributed by atoms with E-state index in [1.165, 1.54) is 6.20 Å². The highest BCUT2D eigenvalue weighted by Crippen LogP contribution is 2.22. The Morgan fingerprint density at radius 1 is 1.27 bits per heavy atom. The third kappa shape index (κ3) is 2.17. The first-order chi connectivity index (χ1) is 9.59. The van der Waals surface area contributed by atoms with Gasteiger partial charge in [0.15, 0.2) is 0 Å². The Kier molecular flexibility index (Phi) is 1.37. The number of rotatable bonds is 1. The summed E-state index contributed by atoms with van der Waals surface area (Å²) < 4.78 is 44.4. The topological polar surface area (TPSA) is 12.4 Å². The van der Waals surface area contributed by atoms with Crippen LogP contribution in [0.25, 0.3) is 0 Å². The minimum Gasteiger partial charge on any atom is -0.261 e. The van der Waals surface area contributed by atoms with Crippen LogP contribution in [-0.4, -0.2) is 5.71 Å². The van der Waals surface area contributed by atoms with E-state index in [0.717, 1.165) is 11.3 Å². The molecule has 0 aromatic heterocycles. The van der Waals surface area contributed by atoms with Gasteiger partial charge in [0.2, 0.25) is 0 Å². The van der Waals surface area contributed by atoms with Gasteiger partial charge in [-0.25, -0.2) is 0 Å². The second-order valence-corrected chi connectivity index (χ2v) is 3.84. The lowest BCUT2D eigenvalue weighted by molar-refractivity contribution is 0.702. The van der Waals surface area contributed by atoms with E-state index in [-0.39, 0.29) is 11.5 Å². The molecule has 0 aliphatic carbocycles. The predicted octanol–water partition coefficient (Wildman–Crippen LogP) is 3.73. The fourth-order valence-electron chi connectivity index (χ4n) is 1.58. The molecule has 0 bridgehead atoms.